The Morgan fingerprint density at radius 1 is 1.14 bits per heavy atom. The molecule has 21 heavy (non-hydrogen) atoms. The Balaban J connectivity index is 3.06. The molecule has 0 spiro atoms. The van der Waals surface area contributed by atoms with Crippen molar-refractivity contribution < 1.29 is 18.0 Å². The summed E-state index contributed by atoms with van der Waals surface area (Å²) >= 11 is 0. The lowest BCUT2D eigenvalue weighted by Crippen LogP contribution is -2.44. The summed E-state index contributed by atoms with van der Waals surface area (Å²) in [5.74, 6) is -0.826. The normalized spacial score (nSPS) is 11.1. The van der Waals surface area contributed by atoms with Gasteiger partial charge in [-0.2, -0.15) is 4.31 Å². The van der Waals surface area contributed by atoms with Crippen LogP contribution in [-0.4, -0.2) is 24.7 Å². The molecule has 0 fully saturated rings. The fraction of sp³-hybridized carbons (Fsp3) is 0.385. The van der Waals surface area contributed by atoms with E-state index in [4.69, 9.17) is 11.5 Å². The summed E-state index contributed by atoms with van der Waals surface area (Å²) in [4.78, 5) is 23.1. The number of carbonyl (C=O) groups is 2. The Kier molecular flexibility index (Phi) is 5.71. The lowest BCUT2D eigenvalue weighted by atomic mass is 10.2. The minimum absolute atomic E-state index is 0.0506. The van der Waals surface area contributed by atoms with Crippen molar-refractivity contribution in [1.29, 1.82) is 0 Å². The minimum atomic E-state index is -4.30. The third-order valence-corrected chi connectivity index (χ3v) is 4.57. The lowest BCUT2D eigenvalue weighted by molar-refractivity contribution is -0.124. The molecule has 0 aliphatic rings. The molecule has 0 aliphatic carbocycles. The number of amides is 3. The van der Waals surface area contributed by atoms with Crippen LogP contribution in [-0.2, 0) is 14.8 Å². The van der Waals surface area contributed by atoms with Gasteiger partial charge in [-0.3, -0.25) is 4.79 Å². The molecule has 0 atom stereocenters. The van der Waals surface area contributed by atoms with Crippen LogP contribution in [0.4, 0.5) is 10.5 Å². The maximum absolute atomic E-state index is 12.3. The fourth-order valence-corrected chi connectivity index (χ4v) is 3.04. The Labute approximate surface area is 124 Å². The van der Waals surface area contributed by atoms with Gasteiger partial charge < -0.3 is 11.5 Å². The van der Waals surface area contributed by atoms with E-state index in [2.05, 4.69) is 0 Å². The Bertz CT molecular complexity index is 611. The van der Waals surface area contributed by atoms with Gasteiger partial charge in [-0.25, -0.2) is 13.2 Å². The van der Waals surface area contributed by atoms with Crippen molar-refractivity contribution in [3.63, 3.8) is 0 Å². The minimum Gasteiger partial charge on any atom is -0.399 e. The monoisotopic (exact) mass is 313 g/mol. The highest BCUT2D eigenvalue weighted by Crippen LogP contribution is 2.18. The molecule has 0 bridgehead atoms. The van der Waals surface area contributed by atoms with Crippen LogP contribution in [0.5, 0.6) is 0 Å². The molecule has 0 saturated heterocycles. The zero-order valence-electron chi connectivity index (χ0n) is 11.8. The third-order valence-electron chi connectivity index (χ3n) is 2.84. The number of nitrogen functional groups attached to an aromatic ring is 1. The quantitative estimate of drug-likeness (QED) is 0.607. The van der Waals surface area contributed by atoms with E-state index in [1.807, 2.05) is 6.92 Å². The number of urea groups is 1. The average Bonchev–Trinajstić information content (AvgIpc) is 2.38. The Morgan fingerprint density at radius 3 is 2.19 bits per heavy atom. The van der Waals surface area contributed by atoms with Crippen LogP contribution in [0, 0.1) is 0 Å². The number of sulfonamides is 1. The van der Waals surface area contributed by atoms with Gasteiger partial charge in [0.25, 0.3) is 10.0 Å². The molecule has 8 heteroatoms. The molecule has 0 aromatic heterocycles. The van der Waals surface area contributed by atoms with Gasteiger partial charge in [0, 0.05) is 12.1 Å². The van der Waals surface area contributed by atoms with Crippen LogP contribution in [0.1, 0.15) is 32.6 Å². The van der Waals surface area contributed by atoms with Crippen LogP contribution in [0.3, 0.4) is 0 Å². The molecule has 3 amide bonds. The zero-order valence-corrected chi connectivity index (χ0v) is 12.6. The van der Waals surface area contributed by atoms with E-state index in [1.54, 1.807) is 0 Å². The molecule has 1 aromatic rings. The van der Waals surface area contributed by atoms with Crippen molar-refractivity contribution in [2.75, 3.05) is 5.73 Å². The smallest absolute Gasteiger partial charge is 0.335 e. The summed E-state index contributed by atoms with van der Waals surface area (Å²) in [7, 11) is -4.30. The average molecular weight is 313 g/mol. The Hall–Kier alpha value is -2.09. The number of primary amides is 1. The summed E-state index contributed by atoms with van der Waals surface area (Å²) in [6, 6.07) is 3.87. The fourth-order valence-electron chi connectivity index (χ4n) is 1.75. The number of anilines is 1. The number of rotatable bonds is 6. The highest BCUT2D eigenvalue weighted by molar-refractivity contribution is 7.90. The van der Waals surface area contributed by atoms with Gasteiger partial charge in [-0.05, 0) is 30.7 Å². The first-order valence-corrected chi connectivity index (χ1v) is 7.97. The molecule has 0 saturated carbocycles. The van der Waals surface area contributed by atoms with E-state index in [1.165, 1.54) is 24.3 Å². The van der Waals surface area contributed by atoms with Gasteiger partial charge in [0.15, 0.2) is 0 Å². The standard InChI is InChI=1S/C13H19N3O4S/c1-2-3-4-5-12(17)16(13(15)18)21(19,20)11-8-6-10(14)7-9-11/h6-9H,2-5,14H2,1H3,(H2,15,18). The van der Waals surface area contributed by atoms with Gasteiger partial charge in [0.1, 0.15) is 0 Å². The second-order valence-electron chi connectivity index (χ2n) is 4.53. The molecule has 0 heterocycles. The zero-order chi connectivity index (χ0) is 16.0. The van der Waals surface area contributed by atoms with Crippen molar-refractivity contribution in [3.8, 4) is 0 Å². The first-order valence-electron chi connectivity index (χ1n) is 6.53. The van der Waals surface area contributed by atoms with Crippen molar-refractivity contribution in [2.45, 2.75) is 37.5 Å². The van der Waals surface area contributed by atoms with Crippen LogP contribution in [0.25, 0.3) is 0 Å². The van der Waals surface area contributed by atoms with E-state index in [9.17, 15) is 18.0 Å². The summed E-state index contributed by atoms with van der Waals surface area (Å²) < 4.78 is 24.8. The largest absolute Gasteiger partial charge is 0.399 e. The van der Waals surface area contributed by atoms with Gasteiger partial charge >= 0.3 is 6.03 Å². The van der Waals surface area contributed by atoms with E-state index >= 15 is 0 Å². The lowest BCUT2D eigenvalue weighted by Gasteiger charge is -2.18. The van der Waals surface area contributed by atoms with Crippen molar-refractivity contribution in [1.82, 2.24) is 4.31 Å². The maximum Gasteiger partial charge on any atom is 0.335 e. The summed E-state index contributed by atoms with van der Waals surface area (Å²) in [6.45, 7) is 1.95. The van der Waals surface area contributed by atoms with Gasteiger partial charge in [-0.1, -0.05) is 19.8 Å². The van der Waals surface area contributed by atoms with E-state index in [-0.39, 0.29) is 15.6 Å². The first-order chi connectivity index (χ1) is 9.80. The summed E-state index contributed by atoms with van der Waals surface area (Å²) in [5, 5.41) is 0. The number of nitrogens with zero attached hydrogens (tertiary/aromatic N) is 1. The predicted octanol–water partition coefficient (Wildman–Crippen LogP) is 1.45. The third kappa shape index (κ3) is 4.19. The van der Waals surface area contributed by atoms with Gasteiger partial charge in [0.05, 0.1) is 4.90 Å². The van der Waals surface area contributed by atoms with E-state index < -0.39 is 22.0 Å². The molecule has 4 N–H and O–H groups in total. The number of benzene rings is 1. The number of carbonyl (C=O) groups excluding carboxylic acids is 2. The number of imide groups is 1. The van der Waals surface area contributed by atoms with Crippen molar-refractivity contribution in [2.24, 2.45) is 5.73 Å². The molecular formula is C13H19N3O4S. The highest BCUT2D eigenvalue weighted by Gasteiger charge is 2.33. The molecule has 0 radical (unpaired) electrons. The summed E-state index contributed by atoms with van der Waals surface area (Å²) in [5.41, 5.74) is 10.9. The SMILES string of the molecule is CCCCCC(=O)N(C(N)=O)S(=O)(=O)c1ccc(N)cc1. The topological polar surface area (TPSA) is 124 Å². The van der Waals surface area contributed by atoms with Crippen LogP contribution in [0.2, 0.25) is 0 Å². The highest BCUT2D eigenvalue weighted by atomic mass is 32.2. The van der Waals surface area contributed by atoms with E-state index in [0.717, 1.165) is 12.8 Å². The number of hydrogen-bond donors (Lipinski definition) is 2. The number of unbranched alkanes of at least 4 members (excludes halogenated alkanes) is 2. The molecule has 0 aliphatic heterocycles. The summed E-state index contributed by atoms with van der Waals surface area (Å²) in [6.07, 6.45) is 2.08. The van der Waals surface area contributed by atoms with E-state index in [0.29, 0.717) is 12.1 Å². The Morgan fingerprint density at radius 2 is 1.71 bits per heavy atom. The molecule has 7 nitrogen and oxygen atoms in total. The number of hydrogen-bond acceptors (Lipinski definition) is 5. The number of nitrogens with two attached hydrogens (primary N) is 2. The predicted molar refractivity (Wildman–Crippen MR) is 78.6 cm³/mol. The maximum atomic E-state index is 12.3. The second-order valence-corrected chi connectivity index (χ2v) is 6.31. The molecule has 0 unspecified atom stereocenters. The van der Waals surface area contributed by atoms with Crippen LogP contribution < -0.4 is 11.5 Å². The molecular weight excluding hydrogens is 294 g/mol. The molecule has 1 rings (SSSR count). The van der Waals surface area contributed by atoms with Gasteiger partial charge in [-0.15, -0.1) is 0 Å². The molecule has 116 valence electrons. The van der Waals surface area contributed by atoms with Crippen molar-refractivity contribution in [3.05, 3.63) is 24.3 Å². The van der Waals surface area contributed by atoms with Crippen LogP contribution in [0.15, 0.2) is 29.2 Å². The van der Waals surface area contributed by atoms with Gasteiger partial charge in [0.2, 0.25) is 5.91 Å². The second kappa shape index (κ2) is 7.07. The molecule has 1 aromatic carbocycles. The van der Waals surface area contributed by atoms with Crippen molar-refractivity contribution >= 4 is 27.6 Å². The first kappa shape index (κ1) is 17.0. The van der Waals surface area contributed by atoms with Crippen LogP contribution >= 0.6 is 0 Å².